The van der Waals surface area contributed by atoms with Gasteiger partial charge in [-0.2, -0.15) is 0 Å². The first-order chi connectivity index (χ1) is 11.5. The van der Waals surface area contributed by atoms with Gasteiger partial charge in [-0.25, -0.2) is 4.79 Å². The van der Waals surface area contributed by atoms with Crippen molar-refractivity contribution in [3.05, 3.63) is 64.7 Å². The molecule has 126 valence electrons. The molecule has 0 saturated heterocycles. The predicted molar refractivity (Wildman–Crippen MR) is 93.9 cm³/mol. The van der Waals surface area contributed by atoms with Crippen LogP contribution >= 0.6 is 11.6 Å². The molecule has 0 bridgehead atoms. The Morgan fingerprint density at radius 1 is 1.21 bits per heavy atom. The van der Waals surface area contributed by atoms with Crippen molar-refractivity contribution in [3.63, 3.8) is 0 Å². The Balaban J connectivity index is 1.82. The smallest absolute Gasteiger partial charge is 0.338 e. The third kappa shape index (κ3) is 4.99. The number of hydrogen-bond acceptors (Lipinski definition) is 4. The van der Waals surface area contributed by atoms with Gasteiger partial charge in [-0.05, 0) is 37.1 Å². The second-order valence-electron chi connectivity index (χ2n) is 5.31. The summed E-state index contributed by atoms with van der Waals surface area (Å²) >= 11 is 5.81. The topological polar surface area (TPSA) is 81.4 Å². The highest BCUT2D eigenvalue weighted by Gasteiger charge is 2.19. The first kappa shape index (κ1) is 17.8. The van der Waals surface area contributed by atoms with Crippen LogP contribution in [0.1, 0.15) is 22.8 Å². The van der Waals surface area contributed by atoms with Crippen LogP contribution in [0.15, 0.2) is 48.5 Å². The fourth-order valence-electron chi connectivity index (χ4n) is 2.07. The second-order valence-corrected chi connectivity index (χ2v) is 5.72. The minimum Gasteiger partial charge on any atom is -0.449 e. The molecule has 24 heavy (non-hydrogen) atoms. The molecule has 6 heteroatoms. The van der Waals surface area contributed by atoms with Crippen LogP contribution < -0.4 is 11.1 Å². The van der Waals surface area contributed by atoms with Gasteiger partial charge in [-0.3, -0.25) is 4.79 Å². The van der Waals surface area contributed by atoms with Crippen molar-refractivity contribution < 1.29 is 14.3 Å². The molecule has 1 atom stereocenters. The van der Waals surface area contributed by atoms with Crippen molar-refractivity contribution >= 4 is 29.2 Å². The zero-order valence-corrected chi connectivity index (χ0v) is 14.0. The third-order valence-electron chi connectivity index (χ3n) is 3.44. The summed E-state index contributed by atoms with van der Waals surface area (Å²) in [5.74, 6) is -0.967. The standard InChI is InChI=1S/C18H19ClN2O3/c1-12(17(22)21-10-9-13-5-3-2-4-6-13)24-18(23)14-7-8-15(19)16(20)11-14/h2-8,11-12H,9-10,20H2,1H3,(H,21,22). The molecule has 0 aromatic heterocycles. The Morgan fingerprint density at radius 2 is 1.92 bits per heavy atom. The maximum Gasteiger partial charge on any atom is 0.338 e. The molecule has 0 aliphatic carbocycles. The molecule has 2 aromatic carbocycles. The zero-order chi connectivity index (χ0) is 17.5. The number of hydrogen-bond donors (Lipinski definition) is 2. The average Bonchev–Trinajstić information content (AvgIpc) is 2.58. The summed E-state index contributed by atoms with van der Waals surface area (Å²) in [7, 11) is 0. The van der Waals surface area contributed by atoms with Crippen molar-refractivity contribution in [1.29, 1.82) is 0 Å². The number of rotatable bonds is 6. The second kappa shape index (κ2) is 8.36. The number of anilines is 1. The Labute approximate surface area is 145 Å². The van der Waals surface area contributed by atoms with E-state index in [1.54, 1.807) is 0 Å². The molecular formula is C18H19ClN2O3. The summed E-state index contributed by atoms with van der Waals surface area (Å²) in [5, 5.41) is 3.11. The molecule has 2 rings (SSSR count). The molecule has 1 amide bonds. The van der Waals surface area contributed by atoms with E-state index in [9.17, 15) is 9.59 Å². The number of nitrogens with two attached hydrogens (primary N) is 1. The minimum atomic E-state index is -0.898. The summed E-state index contributed by atoms with van der Waals surface area (Å²) < 4.78 is 5.15. The van der Waals surface area contributed by atoms with E-state index in [1.165, 1.54) is 25.1 Å². The van der Waals surface area contributed by atoms with Gasteiger partial charge in [0.15, 0.2) is 6.10 Å². The Bertz CT molecular complexity index is 719. The van der Waals surface area contributed by atoms with Gasteiger partial charge in [0, 0.05) is 6.54 Å². The molecule has 0 spiro atoms. The van der Waals surface area contributed by atoms with E-state index in [1.807, 2.05) is 30.3 Å². The maximum absolute atomic E-state index is 12.0. The van der Waals surface area contributed by atoms with E-state index in [0.717, 1.165) is 5.56 Å². The Hall–Kier alpha value is -2.53. The van der Waals surface area contributed by atoms with Crippen LogP contribution in [-0.4, -0.2) is 24.5 Å². The molecule has 0 aliphatic rings. The van der Waals surface area contributed by atoms with E-state index in [-0.39, 0.29) is 17.2 Å². The number of ether oxygens (including phenoxy) is 1. The largest absolute Gasteiger partial charge is 0.449 e. The normalized spacial score (nSPS) is 11.6. The summed E-state index contributed by atoms with van der Waals surface area (Å²) in [6.45, 7) is 1.99. The highest BCUT2D eigenvalue weighted by atomic mass is 35.5. The maximum atomic E-state index is 12.0. The molecule has 0 aliphatic heterocycles. The summed E-state index contributed by atoms with van der Waals surface area (Å²) in [5.41, 5.74) is 7.31. The number of benzene rings is 2. The number of nitrogens with one attached hydrogen (secondary N) is 1. The first-order valence-corrected chi connectivity index (χ1v) is 7.93. The highest BCUT2D eigenvalue weighted by molar-refractivity contribution is 6.33. The van der Waals surface area contributed by atoms with E-state index >= 15 is 0 Å². The summed E-state index contributed by atoms with van der Waals surface area (Å²) in [4.78, 5) is 24.0. The van der Waals surface area contributed by atoms with E-state index in [2.05, 4.69) is 5.32 Å². The van der Waals surface area contributed by atoms with Gasteiger partial charge >= 0.3 is 5.97 Å². The fourth-order valence-corrected chi connectivity index (χ4v) is 2.19. The number of carbonyl (C=O) groups excluding carboxylic acids is 2. The van der Waals surface area contributed by atoms with Crippen LogP contribution in [0.4, 0.5) is 5.69 Å². The fraction of sp³-hybridized carbons (Fsp3) is 0.222. The third-order valence-corrected chi connectivity index (χ3v) is 3.78. The lowest BCUT2D eigenvalue weighted by atomic mass is 10.1. The van der Waals surface area contributed by atoms with E-state index in [4.69, 9.17) is 22.1 Å². The number of carbonyl (C=O) groups is 2. The first-order valence-electron chi connectivity index (χ1n) is 7.55. The van der Waals surface area contributed by atoms with Crippen molar-refractivity contribution in [1.82, 2.24) is 5.32 Å². The lowest BCUT2D eigenvalue weighted by Gasteiger charge is -2.14. The Kier molecular flexibility index (Phi) is 6.21. The van der Waals surface area contributed by atoms with Crippen LogP contribution in [0.5, 0.6) is 0 Å². The van der Waals surface area contributed by atoms with Crippen LogP contribution in [0, 0.1) is 0 Å². The number of esters is 1. The molecule has 2 aromatic rings. The van der Waals surface area contributed by atoms with Crippen molar-refractivity contribution in [2.75, 3.05) is 12.3 Å². The average molecular weight is 347 g/mol. The van der Waals surface area contributed by atoms with Gasteiger partial charge in [0.25, 0.3) is 5.91 Å². The highest BCUT2D eigenvalue weighted by Crippen LogP contribution is 2.20. The molecule has 5 nitrogen and oxygen atoms in total. The zero-order valence-electron chi connectivity index (χ0n) is 13.3. The van der Waals surface area contributed by atoms with Crippen molar-refractivity contribution in [3.8, 4) is 0 Å². The summed E-state index contributed by atoms with van der Waals surface area (Å²) in [6.07, 6.45) is -0.189. The van der Waals surface area contributed by atoms with Crippen LogP contribution in [0.2, 0.25) is 5.02 Å². The molecular weight excluding hydrogens is 328 g/mol. The minimum absolute atomic E-state index is 0.251. The van der Waals surface area contributed by atoms with Gasteiger partial charge in [0.2, 0.25) is 0 Å². The van der Waals surface area contributed by atoms with Crippen molar-refractivity contribution in [2.45, 2.75) is 19.4 Å². The van der Waals surface area contributed by atoms with Gasteiger partial charge in [0.05, 0.1) is 16.3 Å². The quantitative estimate of drug-likeness (QED) is 0.622. The lowest BCUT2D eigenvalue weighted by Crippen LogP contribution is -2.36. The molecule has 3 N–H and O–H groups in total. The van der Waals surface area contributed by atoms with Gasteiger partial charge < -0.3 is 15.8 Å². The van der Waals surface area contributed by atoms with E-state index < -0.39 is 12.1 Å². The number of amides is 1. The molecule has 0 heterocycles. The van der Waals surface area contributed by atoms with Crippen LogP contribution in [0.3, 0.4) is 0 Å². The molecule has 0 radical (unpaired) electrons. The van der Waals surface area contributed by atoms with Crippen LogP contribution in [-0.2, 0) is 16.0 Å². The van der Waals surface area contributed by atoms with Crippen molar-refractivity contribution in [2.24, 2.45) is 0 Å². The van der Waals surface area contributed by atoms with E-state index in [0.29, 0.717) is 18.0 Å². The van der Waals surface area contributed by atoms with Gasteiger partial charge in [-0.15, -0.1) is 0 Å². The predicted octanol–water partition coefficient (Wildman–Crippen LogP) is 2.83. The molecule has 0 saturated carbocycles. The van der Waals surface area contributed by atoms with Crippen LogP contribution in [0.25, 0.3) is 0 Å². The SMILES string of the molecule is CC(OC(=O)c1ccc(Cl)c(N)c1)C(=O)NCCc1ccccc1. The lowest BCUT2D eigenvalue weighted by molar-refractivity contribution is -0.129. The number of nitrogen functional groups attached to an aromatic ring is 1. The molecule has 0 fully saturated rings. The van der Waals surface area contributed by atoms with Gasteiger partial charge in [0.1, 0.15) is 0 Å². The molecule has 1 unspecified atom stereocenters. The van der Waals surface area contributed by atoms with Gasteiger partial charge in [-0.1, -0.05) is 41.9 Å². The Morgan fingerprint density at radius 3 is 2.58 bits per heavy atom. The summed E-state index contributed by atoms with van der Waals surface area (Å²) in [6, 6.07) is 14.2. The number of halogens is 1. The monoisotopic (exact) mass is 346 g/mol.